The summed E-state index contributed by atoms with van der Waals surface area (Å²) < 4.78 is 36.2. The second kappa shape index (κ2) is 4.70. The summed E-state index contributed by atoms with van der Waals surface area (Å²) in [7, 11) is 1.40. The van der Waals surface area contributed by atoms with Gasteiger partial charge in [-0.25, -0.2) is 0 Å². The van der Waals surface area contributed by atoms with E-state index in [0.717, 1.165) is 24.2 Å². The number of halogens is 3. The molecule has 90 valence electrons. The van der Waals surface area contributed by atoms with Gasteiger partial charge in [-0.1, -0.05) is 19.3 Å². The molecule has 0 aliphatic heterocycles. The Labute approximate surface area is 88.1 Å². The molecule has 15 heavy (non-hydrogen) atoms. The van der Waals surface area contributed by atoms with E-state index in [-0.39, 0.29) is 6.54 Å². The first kappa shape index (κ1) is 12.8. The van der Waals surface area contributed by atoms with Gasteiger partial charge < -0.3 is 5.11 Å². The molecule has 0 heterocycles. The Morgan fingerprint density at radius 1 is 1.20 bits per heavy atom. The Morgan fingerprint density at radius 3 is 2.20 bits per heavy atom. The first-order valence-corrected chi connectivity index (χ1v) is 5.28. The Bertz CT molecular complexity index is 199. The highest BCUT2D eigenvalue weighted by molar-refractivity contribution is 4.85. The molecule has 0 amide bonds. The van der Waals surface area contributed by atoms with Crippen LogP contribution in [-0.2, 0) is 0 Å². The molecule has 5 heteroatoms. The maximum atomic E-state index is 12.1. The molecule has 1 saturated carbocycles. The van der Waals surface area contributed by atoms with E-state index in [1.54, 1.807) is 0 Å². The quantitative estimate of drug-likeness (QED) is 0.795. The standard InChI is InChI=1S/C10H18F3NO/c1-14(8-10(11,12)13)7-9(15)5-3-2-4-6-9/h15H,2-8H2,1H3. The van der Waals surface area contributed by atoms with Gasteiger partial charge in [-0.2, -0.15) is 13.2 Å². The van der Waals surface area contributed by atoms with E-state index in [4.69, 9.17) is 0 Å². The van der Waals surface area contributed by atoms with Crippen LogP contribution in [-0.4, -0.2) is 41.9 Å². The maximum Gasteiger partial charge on any atom is 0.401 e. The Morgan fingerprint density at radius 2 is 1.73 bits per heavy atom. The van der Waals surface area contributed by atoms with Crippen LogP contribution in [0.5, 0.6) is 0 Å². The average Bonchev–Trinajstić information content (AvgIpc) is 1.99. The van der Waals surface area contributed by atoms with Crippen molar-refractivity contribution in [3.05, 3.63) is 0 Å². The highest BCUT2D eigenvalue weighted by Gasteiger charge is 2.35. The van der Waals surface area contributed by atoms with E-state index in [9.17, 15) is 18.3 Å². The molecule has 1 rings (SSSR count). The predicted octanol–water partition coefficient (Wildman–Crippen LogP) is 2.18. The van der Waals surface area contributed by atoms with Gasteiger partial charge in [-0.15, -0.1) is 0 Å². The summed E-state index contributed by atoms with van der Waals surface area (Å²) in [6.07, 6.45) is -0.0395. The average molecular weight is 225 g/mol. The third kappa shape index (κ3) is 4.84. The molecule has 0 aromatic heterocycles. The number of hydrogen-bond donors (Lipinski definition) is 1. The Balaban J connectivity index is 2.38. The molecular weight excluding hydrogens is 207 g/mol. The number of alkyl halides is 3. The second-order valence-electron chi connectivity index (χ2n) is 4.57. The first-order valence-electron chi connectivity index (χ1n) is 5.28. The van der Waals surface area contributed by atoms with Gasteiger partial charge in [0.1, 0.15) is 0 Å². The van der Waals surface area contributed by atoms with Crippen molar-refractivity contribution >= 4 is 0 Å². The van der Waals surface area contributed by atoms with Crippen molar-refractivity contribution in [3.63, 3.8) is 0 Å². The van der Waals surface area contributed by atoms with E-state index in [1.807, 2.05) is 0 Å². The first-order chi connectivity index (χ1) is 6.81. The fraction of sp³-hybridized carbons (Fsp3) is 1.00. The molecule has 1 fully saturated rings. The van der Waals surface area contributed by atoms with Gasteiger partial charge in [0, 0.05) is 6.54 Å². The molecule has 1 aliphatic carbocycles. The van der Waals surface area contributed by atoms with Gasteiger partial charge in [0.25, 0.3) is 0 Å². The lowest BCUT2D eigenvalue weighted by Gasteiger charge is -2.35. The highest BCUT2D eigenvalue weighted by atomic mass is 19.4. The van der Waals surface area contributed by atoms with Gasteiger partial charge in [0.05, 0.1) is 12.1 Å². The van der Waals surface area contributed by atoms with Crippen LogP contribution in [0.4, 0.5) is 13.2 Å². The van der Waals surface area contributed by atoms with Gasteiger partial charge in [-0.3, -0.25) is 4.90 Å². The van der Waals surface area contributed by atoms with E-state index in [0.29, 0.717) is 12.8 Å². The fourth-order valence-electron chi connectivity index (χ4n) is 2.23. The largest absolute Gasteiger partial charge is 0.401 e. The van der Waals surface area contributed by atoms with Crippen LogP contribution in [0.15, 0.2) is 0 Å². The normalized spacial score (nSPS) is 22.0. The van der Waals surface area contributed by atoms with E-state index >= 15 is 0 Å². The van der Waals surface area contributed by atoms with Crippen LogP contribution in [0.2, 0.25) is 0 Å². The van der Waals surface area contributed by atoms with Crippen molar-refractivity contribution in [3.8, 4) is 0 Å². The zero-order valence-electron chi connectivity index (χ0n) is 8.98. The topological polar surface area (TPSA) is 23.5 Å². The lowest BCUT2D eigenvalue weighted by atomic mass is 9.84. The Kier molecular flexibility index (Phi) is 4.00. The molecule has 0 aromatic carbocycles. The van der Waals surface area contributed by atoms with Crippen molar-refractivity contribution < 1.29 is 18.3 Å². The molecular formula is C10H18F3NO. The van der Waals surface area contributed by atoms with Gasteiger partial charge >= 0.3 is 6.18 Å². The minimum atomic E-state index is -4.18. The van der Waals surface area contributed by atoms with Gasteiger partial charge in [0.2, 0.25) is 0 Å². The number of hydrogen-bond acceptors (Lipinski definition) is 2. The summed E-state index contributed by atoms with van der Waals surface area (Å²) >= 11 is 0. The molecule has 0 bridgehead atoms. The fourth-order valence-corrected chi connectivity index (χ4v) is 2.23. The van der Waals surface area contributed by atoms with Gasteiger partial charge in [-0.05, 0) is 19.9 Å². The second-order valence-corrected chi connectivity index (χ2v) is 4.57. The van der Waals surface area contributed by atoms with Crippen molar-refractivity contribution in [2.24, 2.45) is 0 Å². The zero-order chi connectivity index (χ0) is 11.5. The summed E-state index contributed by atoms with van der Waals surface area (Å²) in [5, 5.41) is 10.0. The molecule has 0 aromatic rings. The zero-order valence-corrected chi connectivity index (χ0v) is 8.98. The van der Waals surface area contributed by atoms with Crippen molar-refractivity contribution in [2.75, 3.05) is 20.1 Å². The molecule has 1 N–H and O–H groups in total. The SMILES string of the molecule is CN(CC(F)(F)F)CC1(O)CCCCC1. The number of nitrogens with zero attached hydrogens (tertiary/aromatic N) is 1. The van der Waals surface area contributed by atoms with Crippen LogP contribution in [0.25, 0.3) is 0 Å². The molecule has 2 nitrogen and oxygen atoms in total. The molecule has 0 saturated heterocycles. The molecule has 0 radical (unpaired) electrons. The third-order valence-corrected chi connectivity index (χ3v) is 2.80. The summed E-state index contributed by atoms with van der Waals surface area (Å²) in [6.45, 7) is -0.832. The highest BCUT2D eigenvalue weighted by Crippen LogP contribution is 2.29. The molecule has 0 unspecified atom stereocenters. The number of likely N-dealkylation sites (N-methyl/N-ethyl adjacent to an activating group) is 1. The molecule has 1 aliphatic rings. The predicted molar refractivity (Wildman–Crippen MR) is 51.6 cm³/mol. The smallest absolute Gasteiger partial charge is 0.389 e. The number of rotatable bonds is 3. The lowest BCUT2D eigenvalue weighted by Crippen LogP contribution is -2.45. The van der Waals surface area contributed by atoms with Crippen molar-refractivity contribution in [1.29, 1.82) is 0 Å². The van der Waals surface area contributed by atoms with Crippen LogP contribution in [0.1, 0.15) is 32.1 Å². The maximum absolute atomic E-state index is 12.1. The van der Waals surface area contributed by atoms with Gasteiger partial charge in [0.15, 0.2) is 0 Å². The lowest BCUT2D eigenvalue weighted by molar-refractivity contribution is -0.150. The summed E-state index contributed by atoms with van der Waals surface area (Å²) in [5.74, 6) is 0. The monoisotopic (exact) mass is 225 g/mol. The minimum absolute atomic E-state index is 0.118. The van der Waals surface area contributed by atoms with Crippen molar-refractivity contribution in [1.82, 2.24) is 4.90 Å². The number of aliphatic hydroxyl groups is 1. The minimum Gasteiger partial charge on any atom is -0.389 e. The van der Waals surface area contributed by atoms with E-state index in [2.05, 4.69) is 0 Å². The summed E-state index contributed by atoms with van der Waals surface area (Å²) in [4.78, 5) is 1.16. The van der Waals surface area contributed by atoms with E-state index in [1.165, 1.54) is 7.05 Å². The summed E-state index contributed by atoms with van der Waals surface area (Å²) in [5.41, 5.74) is -0.905. The van der Waals surface area contributed by atoms with E-state index < -0.39 is 18.3 Å². The third-order valence-electron chi connectivity index (χ3n) is 2.80. The van der Waals surface area contributed by atoms with Crippen molar-refractivity contribution in [2.45, 2.75) is 43.9 Å². The Hall–Kier alpha value is -0.290. The molecule has 0 spiro atoms. The summed E-state index contributed by atoms with van der Waals surface area (Å²) in [6, 6.07) is 0. The van der Waals surface area contributed by atoms with Crippen LogP contribution in [0.3, 0.4) is 0 Å². The molecule has 0 atom stereocenters. The van der Waals surface area contributed by atoms with Crippen LogP contribution >= 0.6 is 0 Å². The van der Waals surface area contributed by atoms with Crippen LogP contribution < -0.4 is 0 Å². The van der Waals surface area contributed by atoms with Crippen LogP contribution in [0, 0.1) is 0 Å².